The Morgan fingerprint density at radius 1 is 1.47 bits per heavy atom. The quantitative estimate of drug-likeness (QED) is 0.773. The predicted molar refractivity (Wildman–Crippen MR) is 59.4 cm³/mol. The number of alkyl halides is 1. The fourth-order valence-corrected chi connectivity index (χ4v) is 2.77. The highest BCUT2D eigenvalue weighted by Crippen LogP contribution is 2.23. The molecule has 2 nitrogen and oxygen atoms in total. The summed E-state index contributed by atoms with van der Waals surface area (Å²) in [7, 11) is -3.12. The molecule has 1 rings (SSSR count). The van der Waals surface area contributed by atoms with E-state index in [0.29, 0.717) is 11.1 Å². The Hall–Kier alpha value is -0.610. The summed E-state index contributed by atoms with van der Waals surface area (Å²) in [6, 6.07) is 4.37. The zero-order valence-corrected chi connectivity index (χ0v) is 10.1. The maximum atomic E-state index is 12.9. The van der Waals surface area contributed by atoms with Crippen LogP contribution in [0.5, 0.6) is 0 Å². The molecule has 0 N–H and O–H groups in total. The predicted octanol–water partition coefficient (Wildman–Crippen LogP) is 2.46. The molecule has 0 aliphatic heterocycles. The van der Waals surface area contributed by atoms with E-state index in [1.54, 1.807) is 13.0 Å². The van der Waals surface area contributed by atoms with Crippen molar-refractivity contribution < 1.29 is 12.8 Å². The van der Waals surface area contributed by atoms with Crippen LogP contribution >= 0.6 is 11.6 Å². The summed E-state index contributed by atoms with van der Waals surface area (Å²) in [4.78, 5) is 0. The van der Waals surface area contributed by atoms with Gasteiger partial charge in [0.2, 0.25) is 0 Å². The van der Waals surface area contributed by atoms with Gasteiger partial charge in [-0.1, -0.05) is 12.1 Å². The molecule has 0 bridgehead atoms. The third-order valence-corrected chi connectivity index (χ3v) is 3.52. The van der Waals surface area contributed by atoms with Crippen LogP contribution in [0.15, 0.2) is 18.2 Å². The van der Waals surface area contributed by atoms with E-state index in [4.69, 9.17) is 11.6 Å². The molecule has 84 valence electrons. The van der Waals surface area contributed by atoms with E-state index in [1.807, 2.05) is 0 Å². The largest absolute Gasteiger partial charge is 0.229 e. The molecule has 0 saturated carbocycles. The molecule has 1 aromatic rings. The van der Waals surface area contributed by atoms with E-state index in [1.165, 1.54) is 12.1 Å². The van der Waals surface area contributed by atoms with Crippen LogP contribution in [-0.4, -0.2) is 20.4 Å². The van der Waals surface area contributed by atoms with E-state index in [9.17, 15) is 12.8 Å². The van der Waals surface area contributed by atoms with Crippen LogP contribution in [0.3, 0.4) is 0 Å². The molecule has 0 radical (unpaired) electrons. The Balaban J connectivity index is 2.92. The van der Waals surface area contributed by atoms with Crippen molar-refractivity contribution in [2.24, 2.45) is 0 Å². The Labute approximate surface area is 94.0 Å². The van der Waals surface area contributed by atoms with Gasteiger partial charge in [0.15, 0.2) is 0 Å². The molecule has 0 fully saturated rings. The maximum Gasteiger partial charge on any atom is 0.149 e. The van der Waals surface area contributed by atoms with Gasteiger partial charge in [0.1, 0.15) is 15.7 Å². The standard InChI is InChI=1S/C10H12ClFO2S/c1-7-5-8(3-4-10(7)12)9(11)6-15(2,13)14/h3-5,9H,6H2,1-2H3. The van der Waals surface area contributed by atoms with Gasteiger partial charge in [-0.3, -0.25) is 0 Å². The molecule has 1 aromatic carbocycles. The zero-order valence-electron chi connectivity index (χ0n) is 8.50. The number of sulfone groups is 1. The van der Waals surface area contributed by atoms with E-state index >= 15 is 0 Å². The van der Waals surface area contributed by atoms with Crippen LogP contribution in [-0.2, 0) is 9.84 Å². The fourth-order valence-electron chi connectivity index (χ4n) is 1.22. The third-order valence-electron chi connectivity index (χ3n) is 1.99. The molecule has 0 aliphatic rings. The van der Waals surface area contributed by atoms with E-state index in [-0.39, 0.29) is 11.6 Å². The van der Waals surface area contributed by atoms with Crippen molar-refractivity contribution in [3.05, 3.63) is 35.1 Å². The lowest BCUT2D eigenvalue weighted by molar-refractivity contribution is 0.600. The van der Waals surface area contributed by atoms with Crippen molar-refractivity contribution >= 4 is 21.4 Å². The third kappa shape index (κ3) is 3.80. The van der Waals surface area contributed by atoms with Gasteiger partial charge in [-0.15, -0.1) is 11.6 Å². The van der Waals surface area contributed by atoms with Gasteiger partial charge in [0.25, 0.3) is 0 Å². The summed E-state index contributed by atoms with van der Waals surface area (Å²) in [5.74, 6) is -0.457. The second-order valence-corrected chi connectivity index (χ2v) is 6.28. The van der Waals surface area contributed by atoms with Gasteiger partial charge in [-0.25, -0.2) is 12.8 Å². The zero-order chi connectivity index (χ0) is 11.6. The van der Waals surface area contributed by atoms with Gasteiger partial charge in [-0.05, 0) is 24.1 Å². The highest BCUT2D eigenvalue weighted by atomic mass is 35.5. The normalized spacial score (nSPS) is 13.9. The van der Waals surface area contributed by atoms with Crippen molar-refractivity contribution in [2.75, 3.05) is 12.0 Å². The lowest BCUT2D eigenvalue weighted by Crippen LogP contribution is -2.09. The molecule has 1 atom stereocenters. The van der Waals surface area contributed by atoms with Crippen LogP contribution < -0.4 is 0 Å². The van der Waals surface area contributed by atoms with Gasteiger partial charge in [0, 0.05) is 6.26 Å². The van der Waals surface area contributed by atoms with Crippen molar-refractivity contribution in [3.8, 4) is 0 Å². The molecule has 0 spiro atoms. The van der Waals surface area contributed by atoms with E-state index in [2.05, 4.69) is 0 Å². The number of benzene rings is 1. The smallest absolute Gasteiger partial charge is 0.149 e. The molecule has 0 saturated heterocycles. The van der Waals surface area contributed by atoms with Gasteiger partial charge in [0.05, 0.1) is 11.1 Å². The minimum absolute atomic E-state index is 0.139. The van der Waals surface area contributed by atoms with Gasteiger partial charge in [-0.2, -0.15) is 0 Å². The minimum atomic E-state index is -3.12. The van der Waals surface area contributed by atoms with E-state index < -0.39 is 15.2 Å². The number of rotatable bonds is 3. The molecular formula is C10H12ClFO2S. The first-order chi connectivity index (χ1) is 6.79. The van der Waals surface area contributed by atoms with Crippen LogP contribution in [0.4, 0.5) is 4.39 Å². The van der Waals surface area contributed by atoms with Crippen LogP contribution in [0.25, 0.3) is 0 Å². The second-order valence-electron chi connectivity index (χ2n) is 3.57. The summed E-state index contributed by atoms with van der Waals surface area (Å²) < 4.78 is 35.0. The van der Waals surface area contributed by atoms with Crippen molar-refractivity contribution in [3.63, 3.8) is 0 Å². The average Bonchev–Trinajstić information content (AvgIpc) is 2.06. The van der Waals surface area contributed by atoms with Crippen molar-refractivity contribution in [1.29, 1.82) is 0 Å². The van der Waals surface area contributed by atoms with Crippen LogP contribution in [0, 0.1) is 12.7 Å². The first-order valence-corrected chi connectivity index (χ1v) is 6.87. The molecule has 1 unspecified atom stereocenters. The summed E-state index contributed by atoms with van der Waals surface area (Å²) in [6.45, 7) is 1.61. The highest BCUT2D eigenvalue weighted by molar-refractivity contribution is 7.90. The Morgan fingerprint density at radius 2 is 2.07 bits per heavy atom. The summed E-state index contributed by atoms with van der Waals surface area (Å²) in [5, 5.41) is -0.626. The number of halogens is 2. The molecule has 5 heteroatoms. The van der Waals surface area contributed by atoms with Gasteiger partial charge >= 0.3 is 0 Å². The first kappa shape index (κ1) is 12.5. The topological polar surface area (TPSA) is 34.1 Å². The van der Waals surface area contributed by atoms with Gasteiger partial charge < -0.3 is 0 Å². The average molecular weight is 251 g/mol. The second kappa shape index (κ2) is 4.49. The van der Waals surface area contributed by atoms with Crippen LogP contribution in [0.2, 0.25) is 0 Å². The monoisotopic (exact) mass is 250 g/mol. The van der Waals surface area contributed by atoms with Crippen molar-refractivity contribution in [1.82, 2.24) is 0 Å². The SMILES string of the molecule is Cc1cc(C(Cl)CS(C)(=O)=O)ccc1F. The lowest BCUT2D eigenvalue weighted by Gasteiger charge is -2.09. The molecule has 0 heterocycles. The van der Waals surface area contributed by atoms with Crippen LogP contribution in [0.1, 0.15) is 16.5 Å². The number of hydrogen-bond acceptors (Lipinski definition) is 2. The maximum absolute atomic E-state index is 12.9. The fraction of sp³-hybridized carbons (Fsp3) is 0.400. The Bertz CT molecular complexity index is 456. The number of aryl methyl sites for hydroxylation is 1. The minimum Gasteiger partial charge on any atom is -0.229 e. The number of hydrogen-bond donors (Lipinski definition) is 0. The highest BCUT2D eigenvalue weighted by Gasteiger charge is 2.15. The summed E-state index contributed by atoms with van der Waals surface area (Å²) in [6.07, 6.45) is 1.12. The van der Waals surface area contributed by atoms with Crippen molar-refractivity contribution in [2.45, 2.75) is 12.3 Å². The van der Waals surface area contributed by atoms with E-state index in [0.717, 1.165) is 6.26 Å². The molecule has 15 heavy (non-hydrogen) atoms. The molecule has 0 aromatic heterocycles. The lowest BCUT2D eigenvalue weighted by atomic mass is 10.1. The molecule has 0 aliphatic carbocycles. The first-order valence-electron chi connectivity index (χ1n) is 4.37. The Morgan fingerprint density at radius 3 is 2.53 bits per heavy atom. The summed E-state index contributed by atoms with van der Waals surface area (Å²) >= 11 is 5.91. The molecule has 0 amide bonds. The Kier molecular flexibility index (Phi) is 3.73. The molecular weight excluding hydrogens is 239 g/mol. The summed E-state index contributed by atoms with van der Waals surface area (Å²) in [5.41, 5.74) is 1.09.